The van der Waals surface area contributed by atoms with Crippen LogP contribution in [-0.2, 0) is 0 Å². The van der Waals surface area contributed by atoms with Gasteiger partial charge in [-0.2, -0.15) is 4.98 Å². The molecule has 1 unspecified atom stereocenters. The second kappa shape index (κ2) is 6.74. The van der Waals surface area contributed by atoms with Crippen LogP contribution in [-0.4, -0.2) is 54.9 Å². The van der Waals surface area contributed by atoms with Crippen LogP contribution in [0.5, 0.6) is 11.5 Å². The number of halogens is 1. The van der Waals surface area contributed by atoms with E-state index >= 15 is 0 Å². The van der Waals surface area contributed by atoms with Crippen LogP contribution in [0.2, 0.25) is 0 Å². The van der Waals surface area contributed by atoms with E-state index in [1.807, 2.05) is 18.2 Å². The third kappa shape index (κ3) is 2.99. The first kappa shape index (κ1) is 16.0. The molecule has 0 radical (unpaired) electrons. The molecule has 23 heavy (non-hydrogen) atoms. The Bertz CT molecular complexity index is 678. The number of hydrogen-bond donors (Lipinski definition) is 1. The lowest BCUT2D eigenvalue weighted by atomic mass is 10.1. The van der Waals surface area contributed by atoms with E-state index in [-0.39, 0.29) is 18.4 Å². The van der Waals surface area contributed by atoms with E-state index in [4.69, 9.17) is 14.0 Å². The van der Waals surface area contributed by atoms with E-state index in [2.05, 4.69) is 27.4 Å². The molecule has 1 aromatic heterocycles. The van der Waals surface area contributed by atoms with Crippen LogP contribution in [0.4, 0.5) is 0 Å². The minimum atomic E-state index is 0. The van der Waals surface area contributed by atoms with E-state index in [1.54, 1.807) is 0 Å². The molecule has 2 aliphatic heterocycles. The van der Waals surface area contributed by atoms with Crippen LogP contribution < -0.4 is 14.8 Å². The number of piperazine rings is 1. The molecule has 1 saturated heterocycles. The lowest BCUT2D eigenvalue weighted by Gasteiger charge is -2.30. The van der Waals surface area contributed by atoms with Gasteiger partial charge in [0.2, 0.25) is 0 Å². The molecule has 0 spiro atoms. The summed E-state index contributed by atoms with van der Waals surface area (Å²) in [5.74, 6) is 2.56. The summed E-state index contributed by atoms with van der Waals surface area (Å²) >= 11 is 0. The first-order chi connectivity index (χ1) is 10.8. The van der Waals surface area contributed by atoms with Crippen molar-refractivity contribution in [1.82, 2.24) is 20.4 Å². The van der Waals surface area contributed by atoms with Gasteiger partial charge in [-0.1, -0.05) is 11.2 Å². The first-order valence-electron chi connectivity index (χ1n) is 7.46. The summed E-state index contributed by atoms with van der Waals surface area (Å²) in [6, 6.07) is 5.82. The van der Waals surface area contributed by atoms with E-state index in [1.165, 1.54) is 0 Å². The minimum Gasteiger partial charge on any atom is -0.486 e. The maximum absolute atomic E-state index is 5.71. The molecular formula is C15H19ClN4O3. The number of aromatic nitrogens is 2. The highest BCUT2D eigenvalue weighted by atomic mass is 35.5. The average molecular weight is 339 g/mol. The number of hydrogen-bond acceptors (Lipinski definition) is 7. The van der Waals surface area contributed by atoms with E-state index < -0.39 is 0 Å². The van der Waals surface area contributed by atoms with Crippen LogP contribution in [0.3, 0.4) is 0 Å². The SMILES string of the molecule is CN1CCNCC1c1noc(-c2cccc3c2OCCO3)n1.Cl. The number of nitrogens with one attached hydrogen (secondary N) is 1. The van der Waals surface area contributed by atoms with Gasteiger partial charge >= 0.3 is 0 Å². The molecule has 4 rings (SSSR count). The molecule has 0 aliphatic carbocycles. The van der Waals surface area contributed by atoms with Gasteiger partial charge in [-0.25, -0.2) is 0 Å². The molecule has 1 fully saturated rings. The van der Waals surface area contributed by atoms with Gasteiger partial charge in [0.15, 0.2) is 17.3 Å². The van der Waals surface area contributed by atoms with Crippen LogP contribution in [0.25, 0.3) is 11.5 Å². The van der Waals surface area contributed by atoms with Gasteiger partial charge < -0.3 is 19.3 Å². The monoisotopic (exact) mass is 338 g/mol. The quantitative estimate of drug-likeness (QED) is 0.889. The molecule has 2 aromatic rings. The summed E-state index contributed by atoms with van der Waals surface area (Å²) < 4.78 is 16.8. The fourth-order valence-electron chi connectivity index (χ4n) is 2.82. The summed E-state index contributed by atoms with van der Waals surface area (Å²) in [5.41, 5.74) is 0.780. The number of ether oxygens (including phenoxy) is 2. The first-order valence-corrected chi connectivity index (χ1v) is 7.46. The molecule has 1 N–H and O–H groups in total. The third-order valence-electron chi connectivity index (χ3n) is 4.05. The normalized spacial score (nSPS) is 20.8. The molecular weight excluding hydrogens is 320 g/mol. The van der Waals surface area contributed by atoms with Crippen LogP contribution in [0, 0.1) is 0 Å². The molecule has 124 valence electrons. The molecule has 1 atom stereocenters. The van der Waals surface area contributed by atoms with Gasteiger partial charge in [-0.3, -0.25) is 4.90 Å². The van der Waals surface area contributed by atoms with E-state index in [0.717, 1.165) is 30.9 Å². The summed E-state index contributed by atoms with van der Waals surface area (Å²) in [5, 5.41) is 7.51. The molecule has 8 heteroatoms. The lowest BCUT2D eigenvalue weighted by Crippen LogP contribution is -2.44. The van der Waals surface area contributed by atoms with Crippen molar-refractivity contribution in [2.45, 2.75) is 6.04 Å². The number of para-hydroxylation sites is 1. The van der Waals surface area contributed by atoms with Crippen molar-refractivity contribution in [1.29, 1.82) is 0 Å². The highest BCUT2D eigenvalue weighted by Gasteiger charge is 2.27. The Hall–Kier alpha value is -1.83. The van der Waals surface area contributed by atoms with Crippen molar-refractivity contribution in [2.24, 2.45) is 0 Å². The predicted octanol–water partition coefficient (Wildman–Crippen LogP) is 1.51. The van der Waals surface area contributed by atoms with Gasteiger partial charge in [0.25, 0.3) is 5.89 Å². The van der Waals surface area contributed by atoms with Crippen LogP contribution in [0.1, 0.15) is 11.9 Å². The molecule has 7 nitrogen and oxygen atoms in total. The Kier molecular flexibility index (Phi) is 4.70. The summed E-state index contributed by atoms with van der Waals surface area (Å²) in [6.07, 6.45) is 0. The van der Waals surface area contributed by atoms with Crippen molar-refractivity contribution in [3.63, 3.8) is 0 Å². The minimum absolute atomic E-state index is 0. The molecule has 2 aliphatic rings. The largest absolute Gasteiger partial charge is 0.486 e. The van der Waals surface area contributed by atoms with Crippen molar-refractivity contribution in [3.8, 4) is 23.0 Å². The van der Waals surface area contributed by atoms with E-state index in [9.17, 15) is 0 Å². The Balaban J connectivity index is 0.00000156. The van der Waals surface area contributed by atoms with Crippen molar-refractivity contribution < 1.29 is 14.0 Å². The van der Waals surface area contributed by atoms with Gasteiger partial charge in [0, 0.05) is 19.6 Å². The number of fused-ring (bicyclic) bond motifs is 1. The topological polar surface area (TPSA) is 72.7 Å². The third-order valence-corrected chi connectivity index (χ3v) is 4.05. The summed E-state index contributed by atoms with van der Waals surface area (Å²) in [6.45, 7) is 3.85. The maximum atomic E-state index is 5.71. The number of benzene rings is 1. The maximum Gasteiger partial charge on any atom is 0.261 e. The van der Waals surface area contributed by atoms with Crippen LogP contribution in [0.15, 0.2) is 22.7 Å². The zero-order valence-corrected chi connectivity index (χ0v) is 13.6. The standard InChI is InChI=1S/C15H18N4O3.ClH/c1-19-6-5-16-9-11(19)14-17-15(22-18-14)10-3-2-4-12-13(10)21-8-7-20-12;/h2-4,11,16H,5-9H2,1H3;1H. The highest BCUT2D eigenvalue weighted by molar-refractivity contribution is 5.85. The van der Waals surface area contributed by atoms with Crippen molar-refractivity contribution >= 4 is 12.4 Å². The Labute approximate surface area is 140 Å². The second-order valence-corrected chi connectivity index (χ2v) is 5.49. The molecule has 1 aromatic carbocycles. The fraction of sp³-hybridized carbons (Fsp3) is 0.467. The number of rotatable bonds is 2. The van der Waals surface area contributed by atoms with E-state index in [0.29, 0.717) is 30.7 Å². The summed E-state index contributed by atoms with van der Waals surface area (Å²) in [7, 11) is 2.07. The smallest absolute Gasteiger partial charge is 0.261 e. The Morgan fingerprint density at radius 2 is 2.13 bits per heavy atom. The molecule has 0 amide bonds. The zero-order valence-electron chi connectivity index (χ0n) is 12.8. The second-order valence-electron chi connectivity index (χ2n) is 5.49. The Morgan fingerprint density at radius 3 is 3.00 bits per heavy atom. The van der Waals surface area contributed by atoms with Gasteiger partial charge in [0.05, 0.1) is 11.6 Å². The van der Waals surface area contributed by atoms with Gasteiger partial charge in [0.1, 0.15) is 13.2 Å². The molecule has 3 heterocycles. The average Bonchev–Trinajstić information content (AvgIpc) is 3.04. The van der Waals surface area contributed by atoms with Gasteiger partial charge in [-0.05, 0) is 19.2 Å². The van der Waals surface area contributed by atoms with Crippen LogP contribution >= 0.6 is 12.4 Å². The lowest BCUT2D eigenvalue weighted by molar-refractivity contribution is 0.172. The number of nitrogens with zero attached hydrogens (tertiary/aromatic N) is 3. The Morgan fingerprint density at radius 1 is 1.26 bits per heavy atom. The fourth-order valence-corrected chi connectivity index (χ4v) is 2.82. The van der Waals surface area contributed by atoms with Gasteiger partial charge in [-0.15, -0.1) is 12.4 Å². The highest BCUT2D eigenvalue weighted by Crippen LogP contribution is 2.39. The zero-order chi connectivity index (χ0) is 14.9. The summed E-state index contributed by atoms with van der Waals surface area (Å²) in [4.78, 5) is 6.80. The number of likely N-dealkylation sites (N-methyl/N-ethyl adjacent to an activating group) is 1. The molecule has 0 saturated carbocycles. The predicted molar refractivity (Wildman–Crippen MR) is 86.2 cm³/mol. The van der Waals surface area contributed by atoms with Crippen molar-refractivity contribution in [3.05, 3.63) is 24.0 Å². The van der Waals surface area contributed by atoms with Crippen molar-refractivity contribution in [2.75, 3.05) is 39.9 Å². The molecule has 0 bridgehead atoms.